The molecule has 1 aliphatic rings. The van der Waals surface area contributed by atoms with Gasteiger partial charge in [-0.3, -0.25) is 4.90 Å². The highest BCUT2D eigenvalue weighted by Gasteiger charge is 2.21. The molecule has 96 valence electrons. The Morgan fingerprint density at radius 1 is 1.25 bits per heavy atom. The van der Waals surface area contributed by atoms with Crippen molar-refractivity contribution in [1.29, 1.82) is 0 Å². The molecule has 0 spiro atoms. The molecule has 3 nitrogen and oxygen atoms in total. The molecule has 1 fully saturated rings. The predicted molar refractivity (Wildman–Crippen MR) is 68.9 cm³/mol. The SMILES string of the molecule is CCCCCCN1CCOCC1CNCC. The fourth-order valence-electron chi connectivity index (χ4n) is 2.22. The van der Waals surface area contributed by atoms with Crippen LogP contribution in [0.5, 0.6) is 0 Å². The fraction of sp³-hybridized carbons (Fsp3) is 1.00. The summed E-state index contributed by atoms with van der Waals surface area (Å²) < 4.78 is 5.56. The van der Waals surface area contributed by atoms with E-state index in [9.17, 15) is 0 Å². The number of likely N-dealkylation sites (N-methyl/N-ethyl adjacent to an activating group) is 1. The minimum Gasteiger partial charge on any atom is -0.378 e. The van der Waals surface area contributed by atoms with Crippen LogP contribution in [0.3, 0.4) is 0 Å². The van der Waals surface area contributed by atoms with Gasteiger partial charge in [-0.05, 0) is 19.5 Å². The van der Waals surface area contributed by atoms with E-state index in [0.29, 0.717) is 6.04 Å². The Hall–Kier alpha value is -0.120. The number of nitrogens with zero attached hydrogens (tertiary/aromatic N) is 1. The van der Waals surface area contributed by atoms with Gasteiger partial charge in [-0.1, -0.05) is 33.1 Å². The lowest BCUT2D eigenvalue weighted by atomic mass is 10.1. The van der Waals surface area contributed by atoms with Crippen molar-refractivity contribution in [3.63, 3.8) is 0 Å². The van der Waals surface area contributed by atoms with Crippen molar-refractivity contribution < 1.29 is 4.74 Å². The molecule has 1 unspecified atom stereocenters. The highest BCUT2D eigenvalue weighted by molar-refractivity contribution is 4.77. The van der Waals surface area contributed by atoms with Crippen LogP contribution in [-0.2, 0) is 4.74 Å². The van der Waals surface area contributed by atoms with E-state index in [-0.39, 0.29) is 0 Å². The number of hydrogen-bond donors (Lipinski definition) is 1. The third-order valence-electron chi connectivity index (χ3n) is 3.28. The highest BCUT2D eigenvalue weighted by Crippen LogP contribution is 2.09. The molecule has 0 radical (unpaired) electrons. The zero-order chi connectivity index (χ0) is 11.6. The van der Waals surface area contributed by atoms with Crippen molar-refractivity contribution in [2.45, 2.75) is 45.6 Å². The van der Waals surface area contributed by atoms with Crippen LogP contribution < -0.4 is 5.32 Å². The van der Waals surface area contributed by atoms with Crippen LogP contribution >= 0.6 is 0 Å². The van der Waals surface area contributed by atoms with Gasteiger partial charge in [0.15, 0.2) is 0 Å². The van der Waals surface area contributed by atoms with Crippen molar-refractivity contribution >= 4 is 0 Å². The first-order valence-corrected chi connectivity index (χ1v) is 6.91. The molecule has 3 heteroatoms. The van der Waals surface area contributed by atoms with Crippen molar-refractivity contribution in [2.24, 2.45) is 0 Å². The normalized spacial score (nSPS) is 22.5. The number of nitrogens with one attached hydrogen (secondary N) is 1. The molecule has 1 rings (SSSR count). The Labute approximate surface area is 101 Å². The molecule has 1 atom stereocenters. The van der Waals surface area contributed by atoms with Crippen molar-refractivity contribution in [3.8, 4) is 0 Å². The quantitative estimate of drug-likeness (QED) is 0.642. The zero-order valence-corrected chi connectivity index (χ0v) is 11.0. The van der Waals surface area contributed by atoms with E-state index in [4.69, 9.17) is 4.74 Å². The van der Waals surface area contributed by atoms with Gasteiger partial charge in [-0.25, -0.2) is 0 Å². The Balaban J connectivity index is 2.18. The van der Waals surface area contributed by atoms with Gasteiger partial charge in [0.25, 0.3) is 0 Å². The molecule has 0 saturated carbocycles. The molecule has 0 aromatic heterocycles. The number of hydrogen-bond acceptors (Lipinski definition) is 3. The van der Waals surface area contributed by atoms with Crippen LogP contribution in [0.15, 0.2) is 0 Å². The molecule has 0 aromatic rings. The summed E-state index contributed by atoms with van der Waals surface area (Å²) in [7, 11) is 0. The molecule has 0 amide bonds. The van der Waals surface area contributed by atoms with Gasteiger partial charge in [0.1, 0.15) is 0 Å². The average Bonchev–Trinajstić information content (AvgIpc) is 2.33. The van der Waals surface area contributed by atoms with Gasteiger partial charge in [0, 0.05) is 19.1 Å². The van der Waals surface area contributed by atoms with Crippen LogP contribution in [-0.4, -0.2) is 50.3 Å². The van der Waals surface area contributed by atoms with Crippen LogP contribution in [0.1, 0.15) is 39.5 Å². The van der Waals surface area contributed by atoms with Gasteiger partial charge < -0.3 is 10.1 Å². The second-order valence-corrected chi connectivity index (χ2v) is 4.63. The molecule has 1 heterocycles. The predicted octanol–water partition coefficient (Wildman–Crippen LogP) is 1.88. The topological polar surface area (TPSA) is 24.5 Å². The van der Waals surface area contributed by atoms with Crippen LogP contribution in [0.2, 0.25) is 0 Å². The molecular formula is C13H28N2O. The minimum absolute atomic E-state index is 0.593. The van der Waals surface area contributed by atoms with Gasteiger partial charge in [0.2, 0.25) is 0 Å². The lowest BCUT2D eigenvalue weighted by Crippen LogP contribution is -2.50. The number of unbranched alkanes of at least 4 members (excludes halogenated alkanes) is 3. The second kappa shape index (κ2) is 8.97. The maximum atomic E-state index is 5.56. The van der Waals surface area contributed by atoms with Gasteiger partial charge in [-0.15, -0.1) is 0 Å². The first kappa shape index (κ1) is 13.9. The van der Waals surface area contributed by atoms with Crippen LogP contribution in [0.25, 0.3) is 0 Å². The molecule has 0 aromatic carbocycles. The Morgan fingerprint density at radius 2 is 2.12 bits per heavy atom. The highest BCUT2D eigenvalue weighted by atomic mass is 16.5. The van der Waals surface area contributed by atoms with E-state index in [2.05, 4.69) is 24.1 Å². The van der Waals surface area contributed by atoms with Crippen molar-refractivity contribution in [2.75, 3.05) is 39.4 Å². The van der Waals surface area contributed by atoms with E-state index in [0.717, 1.165) is 32.8 Å². The lowest BCUT2D eigenvalue weighted by molar-refractivity contribution is -0.00723. The van der Waals surface area contributed by atoms with Gasteiger partial charge in [0.05, 0.1) is 13.2 Å². The molecule has 1 saturated heterocycles. The Bertz CT molecular complexity index is 164. The third kappa shape index (κ3) is 5.28. The van der Waals surface area contributed by atoms with Gasteiger partial charge in [-0.2, -0.15) is 0 Å². The van der Waals surface area contributed by atoms with E-state index in [1.54, 1.807) is 0 Å². The monoisotopic (exact) mass is 228 g/mol. The number of morpholine rings is 1. The number of rotatable bonds is 8. The standard InChI is InChI=1S/C13H28N2O/c1-3-5-6-7-8-15-9-10-16-12-13(15)11-14-4-2/h13-14H,3-12H2,1-2H3. The van der Waals surface area contributed by atoms with E-state index in [1.807, 2.05) is 0 Å². The first-order chi connectivity index (χ1) is 7.88. The van der Waals surface area contributed by atoms with Crippen molar-refractivity contribution in [3.05, 3.63) is 0 Å². The maximum Gasteiger partial charge on any atom is 0.0634 e. The summed E-state index contributed by atoms with van der Waals surface area (Å²) in [5.74, 6) is 0. The summed E-state index contributed by atoms with van der Waals surface area (Å²) >= 11 is 0. The summed E-state index contributed by atoms with van der Waals surface area (Å²) in [5.41, 5.74) is 0. The largest absolute Gasteiger partial charge is 0.378 e. The summed E-state index contributed by atoms with van der Waals surface area (Å²) in [5, 5.41) is 3.43. The smallest absolute Gasteiger partial charge is 0.0634 e. The molecule has 1 N–H and O–H groups in total. The molecule has 16 heavy (non-hydrogen) atoms. The Kier molecular flexibility index (Phi) is 7.81. The van der Waals surface area contributed by atoms with Crippen molar-refractivity contribution in [1.82, 2.24) is 10.2 Å². The maximum absolute atomic E-state index is 5.56. The zero-order valence-electron chi connectivity index (χ0n) is 11.0. The van der Waals surface area contributed by atoms with Gasteiger partial charge >= 0.3 is 0 Å². The minimum atomic E-state index is 0.593. The van der Waals surface area contributed by atoms with E-state index >= 15 is 0 Å². The first-order valence-electron chi connectivity index (χ1n) is 6.91. The summed E-state index contributed by atoms with van der Waals surface area (Å²) in [6.07, 6.45) is 5.42. The Morgan fingerprint density at radius 3 is 2.88 bits per heavy atom. The fourth-order valence-corrected chi connectivity index (χ4v) is 2.22. The summed E-state index contributed by atoms with van der Waals surface area (Å²) in [4.78, 5) is 2.60. The summed E-state index contributed by atoms with van der Waals surface area (Å²) in [6, 6.07) is 0.593. The summed E-state index contributed by atoms with van der Waals surface area (Å²) in [6.45, 7) is 10.7. The molecular weight excluding hydrogens is 200 g/mol. The number of ether oxygens (including phenoxy) is 1. The molecule has 1 aliphatic heterocycles. The van der Waals surface area contributed by atoms with E-state index in [1.165, 1.54) is 32.2 Å². The van der Waals surface area contributed by atoms with Crippen LogP contribution in [0.4, 0.5) is 0 Å². The van der Waals surface area contributed by atoms with Crippen LogP contribution in [0, 0.1) is 0 Å². The van der Waals surface area contributed by atoms with E-state index < -0.39 is 0 Å². The second-order valence-electron chi connectivity index (χ2n) is 4.63. The average molecular weight is 228 g/mol. The lowest BCUT2D eigenvalue weighted by Gasteiger charge is -2.35. The molecule has 0 aliphatic carbocycles. The molecule has 0 bridgehead atoms. The third-order valence-corrected chi connectivity index (χ3v) is 3.28.